The Bertz CT molecular complexity index is 633. The summed E-state index contributed by atoms with van der Waals surface area (Å²) in [4.78, 5) is 12.3. The summed E-state index contributed by atoms with van der Waals surface area (Å²) in [7, 11) is -3.52. The van der Waals surface area contributed by atoms with Crippen LogP contribution in [0.5, 0.6) is 0 Å². The Kier molecular flexibility index (Phi) is 7.90. The van der Waals surface area contributed by atoms with Gasteiger partial charge in [0.25, 0.3) is 5.91 Å². The summed E-state index contributed by atoms with van der Waals surface area (Å²) in [5.41, 5.74) is 0.491. The van der Waals surface area contributed by atoms with Gasteiger partial charge in [-0.3, -0.25) is 4.79 Å². The fraction of sp³-hybridized carbons (Fsp3) is 0.632. The molecular weight excluding hydrogens is 336 g/mol. The highest BCUT2D eigenvalue weighted by molar-refractivity contribution is 7.89. The zero-order chi connectivity index (χ0) is 18.1. The molecule has 0 spiro atoms. The summed E-state index contributed by atoms with van der Waals surface area (Å²) < 4.78 is 27.9. The Hall–Kier alpha value is -1.40. The van der Waals surface area contributed by atoms with E-state index >= 15 is 0 Å². The molecular formula is C19H30N2O3S. The van der Waals surface area contributed by atoms with Crippen LogP contribution in [0, 0.1) is 0 Å². The summed E-state index contributed by atoms with van der Waals surface area (Å²) in [6.45, 7) is 2.76. The normalized spacial score (nSPS) is 16.4. The van der Waals surface area contributed by atoms with E-state index in [1.807, 2.05) is 0 Å². The van der Waals surface area contributed by atoms with E-state index in [9.17, 15) is 13.2 Å². The maximum absolute atomic E-state index is 12.5. The first-order valence-corrected chi connectivity index (χ1v) is 10.9. The molecule has 0 saturated heterocycles. The monoisotopic (exact) mass is 366 g/mol. The topological polar surface area (TPSA) is 75.3 Å². The first kappa shape index (κ1) is 19.9. The van der Waals surface area contributed by atoms with E-state index in [0.29, 0.717) is 12.1 Å². The lowest BCUT2D eigenvalue weighted by Gasteiger charge is -2.16. The van der Waals surface area contributed by atoms with Crippen LogP contribution < -0.4 is 10.0 Å². The molecule has 1 fully saturated rings. The van der Waals surface area contributed by atoms with Crippen molar-refractivity contribution in [2.45, 2.75) is 75.6 Å². The quantitative estimate of drug-likeness (QED) is 0.545. The summed E-state index contributed by atoms with van der Waals surface area (Å²) in [5.74, 6) is -0.156. The molecule has 0 heterocycles. The van der Waals surface area contributed by atoms with Gasteiger partial charge in [0.2, 0.25) is 10.0 Å². The average Bonchev–Trinajstić information content (AvgIpc) is 2.87. The summed E-state index contributed by atoms with van der Waals surface area (Å²) in [6, 6.07) is 6.21. The SMILES string of the molecule is CCCCCNC(=O)c1ccc(S(=O)(=O)NC2CCCCCC2)cc1. The van der Waals surface area contributed by atoms with Gasteiger partial charge in [0.1, 0.15) is 0 Å². The van der Waals surface area contributed by atoms with Gasteiger partial charge in [0.15, 0.2) is 0 Å². The highest BCUT2D eigenvalue weighted by Crippen LogP contribution is 2.20. The van der Waals surface area contributed by atoms with Crippen molar-refractivity contribution in [3.8, 4) is 0 Å². The molecule has 0 atom stereocenters. The lowest BCUT2D eigenvalue weighted by molar-refractivity contribution is 0.0953. The number of carbonyl (C=O) groups is 1. The van der Waals surface area contributed by atoms with E-state index in [1.54, 1.807) is 12.1 Å². The van der Waals surface area contributed by atoms with Crippen LogP contribution in [0.2, 0.25) is 0 Å². The van der Waals surface area contributed by atoms with Gasteiger partial charge in [-0.15, -0.1) is 0 Å². The Morgan fingerprint density at radius 1 is 1.04 bits per heavy atom. The minimum absolute atomic E-state index is 0.0223. The van der Waals surface area contributed by atoms with Crippen molar-refractivity contribution in [3.63, 3.8) is 0 Å². The zero-order valence-corrected chi connectivity index (χ0v) is 15.9. The van der Waals surface area contributed by atoms with Gasteiger partial charge in [0, 0.05) is 18.2 Å². The van der Waals surface area contributed by atoms with Gasteiger partial charge >= 0.3 is 0 Å². The standard InChI is InChI=1S/C19H30N2O3S/c1-2-3-8-15-20-19(22)16-11-13-18(14-12-16)25(23,24)21-17-9-6-4-5-7-10-17/h11-14,17,21H,2-10,15H2,1H3,(H,20,22). The Morgan fingerprint density at radius 3 is 2.28 bits per heavy atom. The van der Waals surface area contributed by atoms with Crippen LogP contribution in [0.1, 0.15) is 75.1 Å². The number of sulfonamides is 1. The minimum atomic E-state index is -3.52. The van der Waals surface area contributed by atoms with Crippen molar-refractivity contribution >= 4 is 15.9 Å². The summed E-state index contributed by atoms with van der Waals surface area (Å²) in [5, 5.41) is 2.86. The van der Waals surface area contributed by atoms with Crippen LogP contribution in [0.15, 0.2) is 29.2 Å². The van der Waals surface area contributed by atoms with Crippen molar-refractivity contribution in [3.05, 3.63) is 29.8 Å². The fourth-order valence-corrected chi connectivity index (χ4v) is 4.45. The Balaban J connectivity index is 1.94. The molecule has 1 aliphatic rings. The molecule has 1 aromatic rings. The molecule has 0 bridgehead atoms. The predicted octanol–water partition coefficient (Wildman–Crippen LogP) is 3.61. The minimum Gasteiger partial charge on any atom is -0.352 e. The third kappa shape index (κ3) is 6.44. The van der Waals surface area contributed by atoms with E-state index in [0.717, 1.165) is 44.9 Å². The molecule has 1 amide bonds. The van der Waals surface area contributed by atoms with Crippen molar-refractivity contribution < 1.29 is 13.2 Å². The van der Waals surface area contributed by atoms with E-state index in [2.05, 4.69) is 17.0 Å². The molecule has 2 N–H and O–H groups in total. The second-order valence-electron chi connectivity index (χ2n) is 6.80. The van der Waals surface area contributed by atoms with Crippen molar-refractivity contribution in [1.82, 2.24) is 10.0 Å². The van der Waals surface area contributed by atoms with Gasteiger partial charge < -0.3 is 5.32 Å². The molecule has 25 heavy (non-hydrogen) atoms. The van der Waals surface area contributed by atoms with Crippen molar-refractivity contribution in [1.29, 1.82) is 0 Å². The highest BCUT2D eigenvalue weighted by Gasteiger charge is 2.21. The third-order valence-electron chi connectivity index (χ3n) is 4.67. The third-order valence-corrected chi connectivity index (χ3v) is 6.21. The van der Waals surface area contributed by atoms with E-state index in [4.69, 9.17) is 0 Å². The van der Waals surface area contributed by atoms with E-state index in [-0.39, 0.29) is 16.8 Å². The smallest absolute Gasteiger partial charge is 0.251 e. The molecule has 140 valence electrons. The zero-order valence-electron chi connectivity index (χ0n) is 15.1. The van der Waals surface area contributed by atoms with E-state index < -0.39 is 10.0 Å². The average molecular weight is 367 g/mol. The van der Waals surface area contributed by atoms with Crippen LogP contribution in [-0.2, 0) is 10.0 Å². The highest BCUT2D eigenvalue weighted by atomic mass is 32.2. The molecule has 1 aromatic carbocycles. The Labute approximate surface area is 151 Å². The van der Waals surface area contributed by atoms with Crippen LogP contribution in [0.3, 0.4) is 0 Å². The van der Waals surface area contributed by atoms with Gasteiger partial charge in [-0.2, -0.15) is 0 Å². The number of hydrogen-bond acceptors (Lipinski definition) is 3. The molecule has 0 radical (unpaired) electrons. The molecule has 1 saturated carbocycles. The molecule has 6 heteroatoms. The fourth-order valence-electron chi connectivity index (χ4n) is 3.15. The van der Waals surface area contributed by atoms with Crippen LogP contribution in [-0.4, -0.2) is 26.9 Å². The van der Waals surface area contributed by atoms with Gasteiger partial charge in [-0.05, 0) is 43.5 Å². The lowest BCUT2D eigenvalue weighted by atomic mass is 10.1. The molecule has 5 nitrogen and oxygen atoms in total. The van der Waals surface area contributed by atoms with Gasteiger partial charge in [-0.1, -0.05) is 45.4 Å². The number of rotatable bonds is 8. The molecule has 0 aliphatic heterocycles. The van der Waals surface area contributed by atoms with Crippen LogP contribution in [0.4, 0.5) is 0 Å². The number of amides is 1. The molecule has 2 rings (SSSR count). The second kappa shape index (κ2) is 9.92. The number of nitrogens with one attached hydrogen (secondary N) is 2. The number of benzene rings is 1. The largest absolute Gasteiger partial charge is 0.352 e. The number of unbranched alkanes of at least 4 members (excludes halogenated alkanes) is 2. The first-order chi connectivity index (χ1) is 12.0. The van der Waals surface area contributed by atoms with Gasteiger partial charge in [-0.25, -0.2) is 13.1 Å². The van der Waals surface area contributed by atoms with Crippen LogP contribution in [0.25, 0.3) is 0 Å². The molecule has 1 aliphatic carbocycles. The van der Waals surface area contributed by atoms with Gasteiger partial charge in [0.05, 0.1) is 4.90 Å². The summed E-state index contributed by atoms with van der Waals surface area (Å²) in [6.07, 6.45) is 9.46. The number of hydrogen-bond donors (Lipinski definition) is 2. The van der Waals surface area contributed by atoms with Crippen molar-refractivity contribution in [2.75, 3.05) is 6.54 Å². The lowest BCUT2D eigenvalue weighted by Crippen LogP contribution is -2.34. The number of carbonyl (C=O) groups excluding carboxylic acids is 1. The second-order valence-corrected chi connectivity index (χ2v) is 8.51. The maximum Gasteiger partial charge on any atom is 0.251 e. The maximum atomic E-state index is 12.5. The van der Waals surface area contributed by atoms with Crippen molar-refractivity contribution in [2.24, 2.45) is 0 Å². The predicted molar refractivity (Wildman–Crippen MR) is 100 cm³/mol. The molecule has 0 aromatic heterocycles. The summed E-state index contributed by atoms with van der Waals surface area (Å²) >= 11 is 0. The first-order valence-electron chi connectivity index (χ1n) is 9.43. The van der Waals surface area contributed by atoms with Crippen LogP contribution >= 0.6 is 0 Å². The van der Waals surface area contributed by atoms with E-state index in [1.165, 1.54) is 25.0 Å². The Morgan fingerprint density at radius 2 is 1.68 bits per heavy atom. The molecule has 0 unspecified atom stereocenters.